The van der Waals surface area contributed by atoms with Crippen LogP contribution in [0.25, 0.3) is 0 Å². The molecule has 92 valence electrons. The molecule has 1 N–H and O–H groups in total. The lowest BCUT2D eigenvalue weighted by molar-refractivity contribution is -0.385. The molecule has 2 rings (SSSR count). The molecule has 0 radical (unpaired) electrons. The lowest BCUT2D eigenvalue weighted by Crippen LogP contribution is -2.14. The SMILES string of the molecule is O=[N+]([O-])c1ccccc1CNCc1cccnn1. The molecule has 0 amide bonds. The monoisotopic (exact) mass is 244 g/mol. The summed E-state index contributed by atoms with van der Waals surface area (Å²) in [5.41, 5.74) is 1.59. The average Bonchev–Trinajstić information content (AvgIpc) is 2.40. The van der Waals surface area contributed by atoms with Gasteiger partial charge in [-0.15, -0.1) is 0 Å². The minimum Gasteiger partial charge on any atom is -0.307 e. The van der Waals surface area contributed by atoms with E-state index < -0.39 is 0 Å². The number of aromatic nitrogens is 2. The highest BCUT2D eigenvalue weighted by Crippen LogP contribution is 2.17. The first kappa shape index (κ1) is 12.1. The minimum absolute atomic E-state index is 0.129. The molecule has 0 bridgehead atoms. The first-order chi connectivity index (χ1) is 8.77. The van der Waals surface area contributed by atoms with E-state index in [1.807, 2.05) is 6.07 Å². The number of rotatable bonds is 5. The van der Waals surface area contributed by atoms with Gasteiger partial charge >= 0.3 is 0 Å². The average molecular weight is 244 g/mol. The molecular formula is C12H12N4O2. The molecule has 0 unspecified atom stereocenters. The largest absolute Gasteiger partial charge is 0.307 e. The predicted molar refractivity (Wildman–Crippen MR) is 65.7 cm³/mol. The maximum atomic E-state index is 10.8. The predicted octanol–water partition coefficient (Wildman–Crippen LogP) is 1.67. The Kier molecular flexibility index (Phi) is 3.93. The van der Waals surface area contributed by atoms with Gasteiger partial charge in [0.05, 0.1) is 10.6 Å². The molecular weight excluding hydrogens is 232 g/mol. The van der Waals surface area contributed by atoms with E-state index in [4.69, 9.17) is 0 Å². The first-order valence-electron chi connectivity index (χ1n) is 5.47. The fourth-order valence-corrected chi connectivity index (χ4v) is 1.59. The van der Waals surface area contributed by atoms with Gasteiger partial charge < -0.3 is 5.32 Å². The van der Waals surface area contributed by atoms with Crippen LogP contribution in [-0.4, -0.2) is 15.1 Å². The summed E-state index contributed by atoms with van der Waals surface area (Å²) in [5, 5.41) is 21.6. The molecule has 1 heterocycles. The van der Waals surface area contributed by atoms with Crippen LogP contribution in [0.1, 0.15) is 11.3 Å². The number of hydrogen-bond acceptors (Lipinski definition) is 5. The molecule has 1 aromatic carbocycles. The van der Waals surface area contributed by atoms with Crippen molar-refractivity contribution in [2.75, 3.05) is 0 Å². The Morgan fingerprint density at radius 2 is 2.00 bits per heavy atom. The van der Waals surface area contributed by atoms with Gasteiger partial charge in [-0.05, 0) is 12.1 Å². The molecule has 2 aromatic rings. The molecule has 0 spiro atoms. The van der Waals surface area contributed by atoms with Gasteiger partial charge in [-0.1, -0.05) is 18.2 Å². The summed E-state index contributed by atoms with van der Waals surface area (Å²) in [6, 6.07) is 10.3. The van der Waals surface area contributed by atoms with Gasteiger partial charge in [0.25, 0.3) is 5.69 Å². The van der Waals surface area contributed by atoms with Crippen LogP contribution in [0.15, 0.2) is 42.6 Å². The fourth-order valence-electron chi connectivity index (χ4n) is 1.59. The zero-order valence-corrected chi connectivity index (χ0v) is 9.61. The molecule has 0 saturated carbocycles. The van der Waals surface area contributed by atoms with Crippen molar-refractivity contribution in [1.82, 2.24) is 15.5 Å². The number of nitro benzene ring substituents is 1. The molecule has 0 aliphatic heterocycles. The van der Waals surface area contributed by atoms with E-state index in [-0.39, 0.29) is 10.6 Å². The summed E-state index contributed by atoms with van der Waals surface area (Å²) in [4.78, 5) is 10.4. The van der Waals surface area contributed by atoms with Crippen LogP contribution in [-0.2, 0) is 13.1 Å². The van der Waals surface area contributed by atoms with Crippen LogP contribution in [0.2, 0.25) is 0 Å². The fraction of sp³-hybridized carbons (Fsp3) is 0.167. The van der Waals surface area contributed by atoms with Gasteiger partial charge in [0, 0.05) is 30.9 Å². The Balaban J connectivity index is 1.97. The van der Waals surface area contributed by atoms with Crippen molar-refractivity contribution >= 4 is 5.69 Å². The summed E-state index contributed by atoms with van der Waals surface area (Å²) < 4.78 is 0. The normalized spacial score (nSPS) is 10.2. The van der Waals surface area contributed by atoms with Crippen molar-refractivity contribution in [3.05, 3.63) is 64.0 Å². The minimum atomic E-state index is -0.376. The van der Waals surface area contributed by atoms with E-state index >= 15 is 0 Å². The zero-order valence-electron chi connectivity index (χ0n) is 9.61. The number of benzene rings is 1. The summed E-state index contributed by atoms with van der Waals surface area (Å²) in [5.74, 6) is 0. The second-order valence-corrected chi connectivity index (χ2v) is 3.70. The van der Waals surface area contributed by atoms with Gasteiger partial charge in [0.2, 0.25) is 0 Å². The number of hydrogen-bond donors (Lipinski definition) is 1. The maximum Gasteiger partial charge on any atom is 0.273 e. The van der Waals surface area contributed by atoms with E-state index in [2.05, 4.69) is 15.5 Å². The highest BCUT2D eigenvalue weighted by atomic mass is 16.6. The van der Waals surface area contributed by atoms with E-state index in [0.29, 0.717) is 18.7 Å². The number of para-hydroxylation sites is 1. The zero-order chi connectivity index (χ0) is 12.8. The Morgan fingerprint density at radius 3 is 2.72 bits per heavy atom. The quantitative estimate of drug-likeness (QED) is 0.639. The van der Waals surface area contributed by atoms with Crippen molar-refractivity contribution in [3.63, 3.8) is 0 Å². The van der Waals surface area contributed by atoms with Crippen molar-refractivity contribution in [1.29, 1.82) is 0 Å². The van der Waals surface area contributed by atoms with Crippen molar-refractivity contribution in [3.8, 4) is 0 Å². The molecule has 0 aliphatic carbocycles. The molecule has 0 saturated heterocycles. The van der Waals surface area contributed by atoms with Crippen molar-refractivity contribution in [2.45, 2.75) is 13.1 Å². The molecule has 0 fully saturated rings. The lowest BCUT2D eigenvalue weighted by atomic mass is 10.2. The third-order valence-corrected chi connectivity index (χ3v) is 2.44. The molecule has 0 atom stereocenters. The summed E-state index contributed by atoms with van der Waals surface area (Å²) in [6.45, 7) is 0.952. The van der Waals surface area contributed by atoms with Gasteiger partial charge in [-0.2, -0.15) is 10.2 Å². The second kappa shape index (κ2) is 5.83. The van der Waals surface area contributed by atoms with Gasteiger partial charge in [0.1, 0.15) is 0 Å². The van der Waals surface area contributed by atoms with E-state index in [1.54, 1.807) is 30.5 Å². The molecule has 18 heavy (non-hydrogen) atoms. The highest BCUT2D eigenvalue weighted by Gasteiger charge is 2.11. The molecule has 6 heteroatoms. The van der Waals surface area contributed by atoms with E-state index in [1.165, 1.54) is 6.07 Å². The Bertz CT molecular complexity index is 531. The number of nitrogens with one attached hydrogen (secondary N) is 1. The van der Waals surface area contributed by atoms with E-state index in [9.17, 15) is 10.1 Å². The highest BCUT2D eigenvalue weighted by molar-refractivity contribution is 5.39. The van der Waals surface area contributed by atoms with Crippen molar-refractivity contribution in [2.24, 2.45) is 0 Å². The first-order valence-corrected chi connectivity index (χ1v) is 5.47. The van der Waals surface area contributed by atoms with Crippen LogP contribution in [0.4, 0.5) is 5.69 Å². The van der Waals surface area contributed by atoms with Crippen LogP contribution in [0.5, 0.6) is 0 Å². The Labute approximate surface area is 104 Å². The molecule has 6 nitrogen and oxygen atoms in total. The molecule has 1 aromatic heterocycles. The summed E-state index contributed by atoms with van der Waals surface area (Å²) in [6.07, 6.45) is 1.60. The summed E-state index contributed by atoms with van der Waals surface area (Å²) >= 11 is 0. The second-order valence-electron chi connectivity index (χ2n) is 3.70. The maximum absolute atomic E-state index is 10.8. The number of nitrogens with zero attached hydrogens (tertiary/aromatic N) is 3. The van der Waals surface area contributed by atoms with E-state index in [0.717, 1.165) is 5.69 Å². The molecule has 0 aliphatic rings. The van der Waals surface area contributed by atoms with Gasteiger partial charge in [-0.3, -0.25) is 10.1 Å². The Morgan fingerprint density at radius 1 is 1.17 bits per heavy atom. The third kappa shape index (κ3) is 3.08. The van der Waals surface area contributed by atoms with Crippen LogP contribution in [0.3, 0.4) is 0 Å². The van der Waals surface area contributed by atoms with Gasteiger partial charge in [0.15, 0.2) is 0 Å². The van der Waals surface area contributed by atoms with Crippen molar-refractivity contribution < 1.29 is 4.92 Å². The lowest BCUT2D eigenvalue weighted by Gasteiger charge is -2.04. The topological polar surface area (TPSA) is 81.0 Å². The van der Waals surface area contributed by atoms with Crippen LogP contribution in [0, 0.1) is 10.1 Å². The van der Waals surface area contributed by atoms with Gasteiger partial charge in [-0.25, -0.2) is 0 Å². The van der Waals surface area contributed by atoms with Crippen LogP contribution < -0.4 is 5.32 Å². The smallest absolute Gasteiger partial charge is 0.273 e. The standard InChI is InChI=1S/C12H12N4O2/c17-16(18)12-6-2-1-4-10(12)8-13-9-11-5-3-7-14-15-11/h1-7,13H,8-9H2. The third-order valence-electron chi connectivity index (χ3n) is 2.44. The number of nitro groups is 1. The summed E-state index contributed by atoms with van der Waals surface area (Å²) in [7, 11) is 0. The van der Waals surface area contributed by atoms with Crippen LogP contribution >= 0.6 is 0 Å². The Hall–Kier alpha value is -2.34.